The Hall–Kier alpha value is -3.88. The van der Waals surface area contributed by atoms with E-state index >= 15 is 0 Å². The molecular weight excluding hydrogens is 847 g/mol. The van der Waals surface area contributed by atoms with Crippen molar-refractivity contribution < 1.29 is 38.1 Å². The van der Waals surface area contributed by atoms with Gasteiger partial charge in [-0.25, -0.2) is 19.2 Å². The molecular formula is C54H81N5O8. The van der Waals surface area contributed by atoms with E-state index in [1.807, 2.05) is 0 Å². The summed E-state index contributed by atoms with van der Waals surface area (Å²) in [7, 11) is 0. The summed E-state index contributed by atoms with van der Waals surface area (Å²) in [4.78, 5) is 57.8. The van der Waals surface area contributed by atoms with Crippen LogP contribution in [0.4, 0.5) is 0 Å². The van der Waals surface area contributed by atoms with Gasteiger partial charge in [-0.05, 0) is 146 Å². The lowest BCUT2D eigenvalue weighted by molar-refractivity contribution is -0.0134. The number of rotatable bonds is 11. The molecule has 0 aliphatic carbocycles. The number of benzene rings is 2. The van der Waals surface area contributed by atoms with E-state index in [1.54, 1.807) is 36.4 Å². The van der Waals surface area contributed by atoms with E-state index in [1.165, 1.54) is 0 Å². The van der Waals surface area contributed by atoms with Crippen molar-refractivity contribution in [3.63, 3.8) is 0 Å². The van der Waals surface area contributed by atoms with Crippen LogP contribution in [0.1, 0.15) is 203 Å². The third-order valence-electron chi connectivity index (χ3n) is 14.1. The van der Waals surface area contributed by atoms with Gasteiger partial charge in [0.15, 0.2) is 0 Å². The number of piperidine rings is 4. The van der Waals surface area contributed by atoms with Crippen molar-refractivity contribution in [1.82, 2.24) is 26.6 Å². The third kappa shape index (κ3) is 13.3. The van der Waals surface area contributed by atoms with Gasteiger partial charge >= 0.3 is 23.9 Å². The van der Waals surface area contributed by atoms with E-state index < -0.39 is 36.1 Å². The first-order valence-electron chi connectivity index (χ1n) is 24.7. The SMILES string of the molecule is CC1(C)CC(OC(=O)c2ccc(-c3ccc(C(=O)OC4CC(C)(C)NC(C)(CC5CN5)C4)c(C(=O)OC4CC(C)(C)NC(C)(C)C4)c3)cc2C(=O)OC2CC(C)(C)NC(C)(C)C2)CC(C)(C)N1. The molecule has 67 heavy (non-hydrogen) atoms. The first kappa shape index (κ1) is 51.0. The van der Waals surface area contributed by atoms with Crippen LogP contribution in [0.15, 0.2) is 36.4 Å². The first-order valence-corrected chi connectivity index (χ1v) is 24.7. The molecule has 0 amide bonds. The summed E-state index contributed by atoms with van der Waals surface area (Å²) in [5, 5.41) is 18.1. The van der Waals surface area contributed by atoms with Crippen molar-refractivity contribution in [3.8, 4) is 11.1 Å². The molecule has 5 N–H and O–H groups in total. The van der Waals surface area contributed by atoms with Crippen LogP contribution in [0.3, 0.4) is 0 Å². The highest BCUT2D eigenvalue weighted by atomic mass is 16.6. The molecule has 3 unspecified atom stereocenters. The van der Waals surface area contributed by atoms with Crippen LogP contribution in [0.2, 0.25) is 0 Å². The van der Waals surface area contributed by atoms with Gasteiger partial charge in [0, 0.05) is 108 Å². The monoisotopic (exact) mass is 928 g/mol. The molecule has 0 spiro atoms. The second-order valence-electron chi connectivity index (χ2n) is 25.8. The minimum absolute atomic E-state index is 0.0638. The molecule has 5 saturated heterocycles. The van der Waals surface area contributed by atoms with Crippen molar-refractivity contribution in [2.75, 3.05) is 6.54 Å². The molecule has 5 aliphatic rings. The highest BCUT2D eigenvalue weighted by molar-refractivity contribution is 6.06. The molecule has 13 heteroatoms. The summed E-state index contributed by atoms with van der Waals surface area (Å²) in [6, 6.07) is 10.4. The van der Waals surface area contributed by atoms with Gasteiger partial charge in [-0.1, -0.05) is 12.1 Å². The minimum atomic E-state index is -0.636. The van der Waals surface area contributed by atoms with Gasteiger partial charge in [0.25, 0.3) is 0 Å². The number of hydrogen-bond acceptors (Lipinski definition) is 13. The van der Waals surface area contributed by atoms with E-state index in [0.29, 0.717) is 68.5 Å². The maximum Gasteiger partial charge on any atom is 0.339 e. The lowest BCUT2D eigenvalue weighted by atomic mass is 9.77. The van der Waals surface area contributed by atoms with Gasteiger partial charge in [-0.2, -0.15) is 0 Å². The topological polar surface area (TPSA) is 175 Å². The average Bonchev–Trinajstić information content (AvgIpc) is 3.92. The Balaban J connectivity index is 1.24. The summed E-state index contributed by atoms with van der Waals surface area (Å²) < 4.78 is 25.2. The van der Waals surface area contributed by atoms with E-state index in [9.17, 15) is 19.2 Å². The largest absolute Gasteiger partial charge is 0.459 e. The zero-order chi connectivity index (χ0) is 49.3. The van der Waals surface area contributed by atoms with Crippen molar-refractivity contribution in [3.05, 3.63) is 58.7 Å². The summed E-state index contributed by atoms with van der Waals surface area (Å²) in [5.41, 5.74) is -0.852. The van der Waals surface area contributed by atoms with E-state index in [-0.39, 0.29) is 78.8 Å². The smallest absolute Gasteiger partial charge is 0.339 e. The Kier molecular flexibility index (Phi) is 13.6. The number of nitrogens with one attached hydrogen (secondary N) is 5. The van der Waals surface area contributed by atoms with E-state index in [2.05, 4.69) is 130 Å². The fourth-order valence-electron chi connectivity index (χ4n) is 13.0. The standard InChI is InChI=1S/C54H81N5O8/c1-47(2)23-35(24-48(3,4)56-47)64-43(60)39-18-16-32(20-41(39)45(62)65-36-25-49(5,6)57-50(7,8)26-36)33-17-19-40(42(21-33)46(63)66-37-27-51(9,10)58-52(11,12)28-37)44(61)67-38-29-53(13,14)59-54(15,30-38)22-34-31-55-34/h16-21,34-38,55-59H,22-31H2,1-15H3. The lowest BCUT2D eigenvalue weighted by Crippen LogP contribution is -2.61. The Morgan fingerprint density at radius 3 is 0.985 bits per heavy atom. The second kappa shape index (κ2) is 17.8. The van der Waals surface area contributed by atoms with Gasteiger partial charge in [0.05, 0.1) is 22.3 Å². The second-order valence-corrected chi connectivity index (χ2v) is 25.8. The number of carbonyl (C=O) groups is 4. The van der Waals surface area contributed by atoms with Crippen molar-refractivity contribution in [2.24, 2.45) is 0 Å². The molecule has 0 bridgehead atoms. The lowest BCUT2D eigenvalue weighted by Gasteiger charge is -2.47. The van der Waals surface area contributed by atoms with Crippen LogP contribution in [0, 0.1) is 0 Å². The molecule has 2 aromatic rings. The van der Waals surface area contributed by atoms with E-state index in [4.69, 9.17) is 18.9 Å². The average molecular weight is 928 g/mol. The maximum absolute atomic E-state index is 14.6. The number of ether oxygens (including phenoxy) is 4. The maximum atomic E-state index is 14.6. The molecule has 7 rings (SSSR count). The fraction of sp³-hybridized carbons (Fsp3) is 0.704. The normalized spacial score (nSPS) is 28.4. The molecule has 2 aromatic carbocycles. The first-order chi connectivity index (χ1) is 30.7. The van der Waals surface area contributed by atoms with Crippen LogP contribution < -0.4 is 26.6 Å². The summed E-state index contributed by atoms with van der Waals surface area (Å²) in [5.74, 6) is -2.47. The quantitative estimate of drug-likeness (QED) is 0.0825. The minimum Gasteiger partial charge on any atom is -0.459 e. The van der Waals surface area contributed by atoms with Crippen molar-refractivity contribution >= 4 is 23.9 Å². The zero-order valence-electron chi connectivity index (χ0n) is 43.2. The third-order valence-corrected chi connectivity index (χ3v) is 14.1. The van der Waals surface area contributed by atoms with Crippen LogP contribution in [-0.4, -0.2) is 105 Å². The fourth-order valence-corrected chi connectivity index (χ4v) is 13.0. The van der Waals surface area contributed by atoms with Crippen LogP contribution in [0.5, 0.6) is 0 Å². The van der Waals surface area contributed by atoms with Gasteiger partial charge in [0.1, 0.15) is 24.4 Å². The molecule has 3 atom stereocenters. The van der Waals surface area contributed by atoms with Crippen molar-refractivity contribution in [2.45, 2.75) is 236 Å². The molecule has 0 aromatic heterocycles. The number of esters is 4. The highest BCUT2D eigenvalue weighted by Crippen LogP contribution is 2.38. The Morgan fingerprint density at radius 1 is 0.418 bits per heavy atom. The summed E-state index contributed by atoms with van der Waals surface area (Å²) in [6.07, 6.45) is 4.09. The van der Waals surface area contributed by atoms with Gasteiger partial charge in [-0.3, -0.25) is 0 Å². The van der Waals surface area contributed by atoms with Crippen LogP contribution >= 0.6 is 0 Å². The molecule has 5 fully saturated rings. The molecule has 13 nitrogen and oxygen atoms in total. The molecule has 5 aliphatic heterocycles. The zero-order valence-corrected chi connectivity index (χ0v) is 43.2. The summed E-state index contributed by atoms with van der Waals surface area (Å²) in [6.45, 7) is 32.5. The molecule has 5 heterocycles. The predicted octanol–water partition coefficient (Wildman–Crippen LogP) is 8.56. The number of carbonyl (C=O) groups excluding carboxylic acids is 4. The molecule has 0 saturated carbocycles. The molecule has 370 valence electrons. The summed E-state index contributed by atoms with van der Waals surface area (Å²) >= 11 is 0. The predicted molar refractivity (Wildman–Crippen MR) is 262 cm³/mol. The van der Waals surface area contributed by atoms with Gasteiger partial charge < -0.3 is 45.5 Å². The highest BCUT2D eigenvalue weighted by Gasteiger charge is 2.46. The van der Waals surface area contributed by atoms with Gasteiger partial charge in [0.2, 0.25) is 0 Å². The van der Waals surface area contributed by atoms with Crippen LogP contribution in [0.25, 0.3) is 11.1 Å². The van der Waals surface area contributed by atoms with E-state index in [0.717, 1.165) is 13.0 Å². The number of hydrogen-bond donors (Lipinski definition) is 5. The Morgan fingerprint density at radius 2 is 0.687 bits per heavy atom. The van der Waals surface area contributed by atoms with Crippen LogP contribution in [-0.2, 0) is 18.9 Å². The molecule has 0 radical (unpaired) electrons. The van der Waals surface area contributed by atoms with Crippen molar-refractivity contribution in [1.29, 1.82) is 0 Å². The Labute approximate surface area is 400 Å². The Bertz CT molecular complexity index is 2190. The van der Waals surface area contributed by atoms with Gasteiger partial charge in [-0.15, -0.1) is 0 Å².